The van der Waals surface area contributed by atoms with Crippen molar-refractivity contribution in [3.05, 3.63) is 101 Å². The summed E-state index contributed by atoms with van der Waals surface area (Å²) in [5.41, 5.74) is 7.15. The van der Waals surface area contributed by atoms with Gasteiger partial charge in [-0.3, -0.25) is 0 Å². The SMILES string of the molecule is COc1ccccc1C(=O)Oc1ccc2c(c1)OC(N)=C(C#N)C2c1ccccc1F. The van der Waals surface area contributed by atoms with Gasteiger partial charge in [-0.25, -0.2) is 9.18 Å². The van der Waals surface area contributed by atoms with Crippen LogP contribution in [-0.4, -0.2) is 13.1 Å². The van der Waals surface area contributed by atoms with Gasteiger partial charge in [0, 0.05) is 17.2 Å². The van der Waals surface area contributed by atoms with Crippen molar-refractivity contribution in [2.24, 2.45) is 5.73 Å². The number of rotatable bonds is 4. The number of esters is 1. The maximum Gasteiger partial charge on any atom is 0.347 e. The number of allylic oxidation sites excluding steroid dienone is 1. The van der Waals surface area contributed by atoms with Crippen LogP contribution in [0.15, 0.2) is 78.2 Å². The third-order valence-corrected chi connectivity index (χ3v) is 4.94. The molecule has 1 heterocycles. The average molecular weight is 416 g/mol. The predicted molar refractivity (Wildman–Crippen MR) is 110 cm³/mol. The lowest BCUT2D eigenvalue weighted by Gasteiger charge is -2.27. The van der Waals surface area contributed by atoms with E-state index in [2.05, 4.69) is 0 Å². The van der Waals surface area contributed by atoms with E-state index in [4.69, 9.17) is 19.9 Å². The van der Waals surface area contributed by atoms with Gasteiger partial charge in [-0.05, 0) is 24.3 Å². The first kappa shape index (κ1) is 20.0. The van der Waals surface area contributed by atoms with E-state index in [0.717, 1.165) is 0 Å². The van der Waals surface area contributed by atoms with Crippen molar-refractivity contribution in [2.75, 3.05) is 7.11 Å². The minimum Gasteiger partial charge on any atom is -0.496 e. The first-order valence-electron chi connectivity index (χ1n) is 9.34. The van der Waals surface area contributed by atoms with Crippen molar-refractivity contribution in [2.45, 2.75) is 5.92 Å². The Morgan fingerprint density at radius 1 is 1.10 bits per heavy atom. The van der Waals surface area contributed by atoms with E-state index in [-0.39, 0.29) is 28.5 Å². The summed E-state index contributed by atoms with van der Waals surface area (Å²) < 4.78 is 30.8. The number of methoxy groups -OCH3 is 1. The van der Waals surface area contributed by atoms with Crippen LogP contribution in [-0.2, 0) is 0 Å². The van der Waals surface area contributed by atoms with Crippen LogP contribution >= 0.6 is 0 Å². The second kappa shape index (κ2) is 8.20. The van der Waals surface area contributed by atoms with Crippen molar-refractivity contribution >= 4 is 5.97 Å². The van der Waals surface area contributed by atoms with E-state index in [1.807, 2.05) is 6.07 Å². The first-order valence-corrected chi connectivity index (χ1v) is 9.34. The molecule has 1 aliphatic heterocycles. The van der Waals surface area contributed by atoms with Gasteiger partial charge in [0.1, 0.15) is 40.3 Å². The number of carbonyl (C=O) groups excluding carboxylic acids is 1. The Kier molecular flexibility index (Phi) is 5.29. The van der Waals surface area contributed by atoms with Gasteiger partial charge >= 0.3 is 5.97 Å². The standard InChI is InChI=1S/C24H17FN2O4/c1-29-20-9-5-3-7-17(20)24(28)30-14-10-11-16-21(12-14)31-23(27)18(13-26)22(16)15-6-2-4-8-19(15)25/h2-12,22H,27H2,1H3. The zero-order valence-corrected chi connectivity index (χ0v) is 16.5. The fraction of sp³-hybridized carbons (Fsp3) is 0.0833. The molecule has 6 nitrogen and oxygen atoms in total. The average Bonchev–Trinajstić information content (AvgIpc) is 2.78. The van der Waals surface area contributed by atoms with E-state index in [0.29, 0.717) is 16.9 Å². The van der Waals surface area contributed by atoms with Gasteiger partial charge in [0.2, 0.25) is 5.88 Å². The maximum absolute atomic E-state index is 14.5. The summed E-state index contributed by atoms with van der Waals surface area (Å²) in [5, 5.41) is 9.59. The van der Waals surface area contributed by atoms with Gasteiger partial charge in [0.05, 0.1) is 13.0 Å². The van der Waals surface area contributed by atoms with E-state index in [1.54, 1.807) is 54.6 Å². The van der Waals surface area contributed by atoms with Crippen molar-refractivity contribution in [1.82, 2.24) is 0 Å². The van der Waals surface area contributed by atoms with Crippen molar-refractivity contribution in [3.8, 4) is 23.3 Å². The lowest BCUT2D eigenvalue weighted by atomic mass is 9.83. The number of carbonyl (C=O) groups is 1. The molecule has 0 amide bonds. The lowest BCUT2D eigenvalue weighted by molar-refractivity contribution is 0.0731. The topological polar surface area (TPSA) is 94.6 Å². The molecule has 154 valence electrons. The molecule has 1 aliphatic rings. The normalized spacial score (nSPS) is 14.8. The van der Waals surface area contributed by atoms with Gasteiger partial charge in [-0.2, -0.15) is 5.26 Å². The first-order chi connectivity index (χ1) is 15.0. The zero-order valence-electron chi connectivity index (χ0n) is 16.5. The molecule has 0 aliphatic carbocycles. The molecule has 1 atom stereocenters. The van der Waals surface area contributed by atoms with Gasteiger partial charge in [0.25, 0.3) is 0 Å². The summed E-state index contributed by atoms with van der Waals surface area (Å²) in [6.45, 7) is 0. The number of ether oxygens (including phenoxy) is 3. The summed E-state index contributed by atoms with van der Waals surface area (Å²) in [4.78, 5) is 12.6. The second-order valence-corrected chi connectivity index (χ2v) is 6.74. The Bertz CT molecular complexity index is 1250. The van der Waals surface area contributed by atoms with Crippen LogP contribution in [0.4, 0.5) is 4.39 Å². The number of para-hydroxylation sites is 1. The maximum atomic E-state index is 14.5. The van der Waals surface area contributed by atoms with Gasteiger partial charge < -0.3 is 19.9 Å². The molecule has 2 N–H and O–H groups in total. The minimum absolute atomic E-state index is 0.108. The summed E-state index contributed by atoms with van der Waals surface area (Å²) in [5.74, 6) is -1.09. The van der Waals surface area contributed by atoms with Crippen LogP contribution in [0.5, 0.6) is 17.2 Å². The highest BCUT2D eigenvalue weighted by molar-refractivity contribution is 5.94. The van der Waals surface area contributed by atoms with E-state index >= 15 is 0 Å². The highest BCUT2D eigenvalue weighted by atomic mass is 19.1. The molecule has 4 rings (SSSR count). The second-order valence-electron chi connectivity index (χ2n) is 6.74. The summed E-state index contributed by atoms with van der Waals surface area (Å²) in [6.07, 6.45) is 0. The third-order valence-electron chi connectivity index (χ3n) is 4.94. The van der Waals surface area contributed by atoms with Gasteiger partial charge in [-0.15, -0.1) is 0 Å². The summed E-state index contributed by atoms with van der Waals surface area (Å²) in [6, 6.07) is 19.5. The Morgan fingerprint density at radius 3 is 2.58 bits per heavy atom. The van der Waals surface area contributed by atoms with Crippen LogP contribution in [0.3, 0.4) is 0 Å². The van der Waals surface area contributed by atoms with Crippen LogP contribution < -0.4 is 19.9 Å². The van der Waals surface area contributed by atoms with Crippen LogP contribution in [0.2, 0.25) is 0 Å². The van der Waals surface area contributed by atoms with Crippen LogP contribution in [0.25, 0.3) is 0 Å². The highest BCUT2D eigenvalue weighted by Crippen LogP contribution is 2.44. The van der Waals surface area contributed by atoms with Gasteiger partial charge in [0.15, 0.2) is 0 Å². The number of halogens is 1. The smallest absolute Gasteiger partial charge is 0.347 e. The van der Waals surface area contributed by atoms with Crippen LogP contribution in [0.1, 0.15) is 27.4 Å². The molecule has 7 heteroatoms. The van der Waals surface area contributed by atoms with Crippen molar-refractivity contribution in [1.29, 1.82) is 5.26 Å². The molecule has 0 saturated heterocycles. The lowest BCUT2D eigenvalue weighted by Crippen LogP contribution is -2.21. The number of nitriles is 1. The van der Waals surface area contributed by atoms with Crippen molar-refractivity contribution in [3.63, 3.8) is 0 Å². The monoisotopic (exact) mass is 416 g/mol. The zero-order chi connectivity index (χ0) is 22.0. The number of fused-ring (bicyclic) bond motifs is 1. The number of hydrogen-bond donors (Lipinski definition) is 1. The Morgan fingerprint density at radius 2 is 1.84 bits per heavy atom. The summed E-state index contributed by atoms with van der Waals surface area (Å²) in [7, 11) is 1.46. The van der Waals surface area contributed by atoms with Crippen LogP contribution in [0, 0.1) is 17.1 Å². The van der Waals surface area contributed by atoms with Gasteiger partial charge in [-0.1, -0.05) is 36.4 Å². The Labute approximate surface area is 177 Å². The summed E-state index contributed by atoms with van der Waals surface area (Å²) >= 11 is 0. The molecular formula is C24H17FN2O4. The molecule has 0 bridgehead atoms. The highest BCUT2D eigenvalue weighted by Gasteiger charge is 2.32. The van der Waals surface area contributed by atoms with Crippen molar-refractivity contribution < 1.29 is 23.4 Å². The number of nitrogens with zero attached hydrogens (tertiary/aromatic N) is 1. The number of benzene rings is 3. The minimum atomic E-state index is -0.742. The van der Waals surface area contributed by atoms with E-state index < -0.39 is 17.7 Å². The molecule has 3 aromatic carbocycles. The molecule has 0 aromatic heterocycles. The fourth-order valence-corrected chi connectivity index (χ4v) is 3.50. The Balaban J connectivity index is 1.71. The van der Waals surface area contributed by atoms with E-state index in [9.17, 15) is 14.4 Å². The molecular weight excluding hydrogens is 399 g/mol. The molecule has 1 unspecified atom stereocenters. The molecule has 31 heavy (non-hydrogen) atoms. The predicted octanol–water partition coefficient (Wildman–Crippen LogP) is 4.27. The third kappa shape index (κ3) is 3.67. The molecule has 3 aromatic rings. The largest absolute Gasteiger partial charge is 0.496 e. The number of nitrogens with two attached hydrogens (primary N) is 1. The fourth-order valence-electron chi connectivity index (χ4n) is 3.50. The molecule has 0 radical (unpaired) electrons. The quantitative estimate of drug-likeness (QED) is 0.504. The molecule has 0 spiro atoms. The molecule has 0 saturated carbocycles. The Hall–Kier alpha value is -4.31. The number of hydrogen-bond acceptors (Lipinski definition) is 6. The molecule has 0 fully saturated rings. The van der Waals surface area contributed by atoms with E-state index in [1.165, 1.54) is 19.2 Å².